The molecule has 186 valence electrons. The zero-order valence-corrected chi connectivity index (χ0v) is 20.6. The van der Waals surface area contributed by atoms with Crippen LogP contribution in [0.25, 0.3) is 10.8 Å². The molecule has 4 aromatic carbocycles. The Hall–Kier alpha value is -4.02. The van der Waals surface area contributed by atoms with Crippen molar-refractivity contribution in [1.29, 1.82) is 0 Å². The van der Waals surface area contributed by atoms with Crippen LogP contribution < -0.4 is 0 Å². The predicted octanol–water partition coefficient (Wildman–Crippen LogP) is 8.92. The summed E-state index contributed by atoms with van der Waals surface area (Å²) in [6.45, 7) is 2.21. The molecule has 0 saturated carbocycles. The van der Waals surface area contributed by atoms with Gasteiger partial charge in [0.25, 0.3) is 0 Å². The number of fused-ring (bicyclic) bond motifs is 1. The molecule has 0 radical (unpaired) electrons. The lowest BCUT2D eigenvalue weighted by Gasteiger charge is -2.05. The SMILES string of the molecule is CCCCCCc1ccc(C#Cc2ccc3c(F)c(C#Cc4ccc(C(F)(F)F)cc4)ccc3c2)cc1. The zero-order valence-electron chi connectivity index (χ0n) is 20.6. The molecule has 0 unspecified atom stereocenters. The van der Waals surface area contributed by atoms with Crippen LogP contribution in [0.2, 0.25) is 0 Å². The molecular weight excluding hydrogens is 472 g/mol. The van der Waals surface area contributed by atoms with E-state index in [4.69, 9.17) is 0 Å². The van der Waals surface area contributed by atoms with Crippen LogP contribution >= 0.6 is 0 Å². The molecule has 4 rings (SSSR count). The second-order valence-electron chi connectivity index (χ2n) is 8.95. The second kappa shape index (κ2) is 11.8. The van der Waals surface area contributed by atoms with Gasteiger partial charge in [0.15, 0.2) is 0 Å². The van der Waals surface area contributed by atoms with Crippen molar-refractivity contribution >= 4 is 10.8 Å². The summed E-state index contributed by atoms with van der Waals surface area (Å²) < 4.78 is 53.2. The zero-order chi connectivity index (χ0) is 26.3. The molecule has 0 bridgehead atoms. The average Bonchev–Trinajstić information content (AvgIpc) is 2.90. The minimum atomic E-state index is -4.40. The van der Waals surface area contributed by atoms with Crippen LogP contribution in [0.15, 0.2) is 78.9 Å². The Morgan fingerprint density at radius 3 is 1.95 bits per heavy atom. The Kier molecular flexibility index (Phi) is 8.32. The number of unbranched alkanes of at least 4 members (excludes halogenated alkanes) is 3. The Balaban J connectivity index is 1.47. The maximum atomic E-state index is 15.1. The van der Waals surface area contributed by atoms with E-state index in [-0.39, 0.29) is 5.56 Å². The summed E-state index contributed by atoms with van der Waals surface area (Å²) in [4.78, 5) is 0. The Bertz CT molecular complexity index is 1490. The van der Waals surface area contributed by atoms with Crippen LogP contribution in [0.5, 0.6) is 0 Å². The van der Waals surface area contributed by atoms with E-state index in [1.807, 2.05) is 18.2 Å². The van der Waals surface area contributed by atoms with Gasteiger partial charge in [0, 0.05) is 22.1 Å². The minimum absolute atomic E-state index is 0.181. The molecule has 37 heavy (non-hydrogen) atoms. The van der Waals surface area contributed by atoms with Crippen LogP contribution in [0.1, 0.15) is 66.0 Å². The Labute approximate surface area is 215 Å². The lowest BCUT2D eigenvalue weighted by atomic mass is 10.0. The number of rotatable bonds is 5. The molecule has 0 aliphatic carbocycles. The third-order valence-electron chi connectivity index (χ3n) is 6.13. The monoisotopic (exact) mass is 498 g/mol. The first-order chi connectivity index (χ1) is 17.8. The smallest absolute Gasteiger partial charge is 0.205 e. The fraction of sp³-hybridized carbons (Fsp3) is 0.212. The van der Waals surface area contributed by atoms with Crippen molar-refractivity contribution in [2.24, 2.45) is 0 Å². The summed E-state index contributed by atoms with van der Waals surface area (Å²) >= 11 is 0. The van der Waals surface area contributed by atoms with Crippen LogP contribution in [0.3, 0.4) is 0 Å². The van der Waals surface area contributed by atoms with Gasteiger partial charge < -0.3 is 0 Å². The summed E-state index contributed by atoms with van der Waals surface area (Å²) in [7, 11) is 0. The highest BCUT2D eigenvalue weighted by atomic mass is 19.4. The number of aryl methyl sites for hydroxylation is 1. The largest absolute Gasteiger partial charge is 0.416 e. The first-order valence-corrected chi connectivity index (χ1v) is 12.4. The molecule has 0 atom stereocenters. The minimum Gasteiger partial charge on any atom is -0.205 e. The molecule has 0 saturated heterocycles. The average molecular weight is 499 g/mol. The van der Waals surface area contributed by atoms with Crippen molar-refractivity contribution in [3.05, 3.63) is 118 Å². The highest BCUT2D eigenvalue weighted by Crippen LogP contribution is 2.29. The molecule has 0 fully saturated rings. The predicted molar refractivity (Wildman–Crippen MR) is 142 cm³/mol. The normalized spacial score (nSPS) is 10.9. The molecule has 0 aliphatic heterocycles. The Morgan fingerprint density at radius 1 is 0.649 bits per heavy atom. The van der Waals surface area contributed by atoms with Gasteiger partial charge in [-0.3, -0.25) is 0 Å². The van der Waals surface area contributed by atoms with Crippen LogP contribution in [0.4, 0.5) is 17.6 Å². The third kappa shape index (κ3) is 7.02. The molecule has 0 N–H and O–H groups in total. The van der Waals surface area contributed by atoms with Gasteiger partial charge in [-0.2, -0.15) is 13.2 Å². The van der Waals surface area contributed by atoms with E-state index in [9.17, 15) is 13.2 Å². The molecule has 4 heteroatoms. The summed E-state index contributed by atoms with van der Waals surface area (Å²) in [5, 5.41) is 1.11. The highest BCUT2D eigenvalue weighted by molar-refractivity contribution is 5.86. The van der Waals surface area contributed by atoms with Crippen molar-refractivity contribution < 1.29 is 17.6 Å². The standard InChI is InChI=1S/C33H26F4/c1-2-3-4-5-6-24-7-9-25(10-8-24)11-12-27-16-22-31-29(23-27)19-18-28(32(31)34)17-13-26-14-20-30(21-15-26)33(35,36)37/h7-10,14-16,18-23H,2-6H2,1H3. The van der Waals surface area contributed by atoms with Gasteiger partial charge in [0.2, 0.25) is 0 Å². The fourth-order valence-corrected chi connectivity index (χ4v) is 4.00. The number of benzene rings is 4. The molecule has 0 heterocycles. The molecule has 0 aliphatic rings. The van der Waals surface area contributed by atoms with E-state index >= 15 is 4.39 Å². The second-order valence-corrected chi connectivity index (χ2v) is 8.95. The van der Waals surface area contributed by atoms with Crippen molar-refractivity contribution in [2.75, 3.05) is 0 Å². The van der Waals surface area contributed by atoms with Crippen molar-refractivity contribution in [3.63, 3.8) is 0 Å². The van der Waals surface area contributed by atoms with E-state index in [1.54, 1.807) is 24.3 Å². The summed E-state index contributed by atoms with van der Waals surface area (Å²) in [6.07, 6.45) is 1.65. The summed E-state index contributed by atoms with van der Waals surface area (Å²) in [6, 6.07) is 21.4. The third-order valence-corrected chi connectivity index (χ3v) is 6.13. The number of halogens is 4. The van der Waals surface area contributed by atoms with Crippen molar-refractivity contribution in [1.82, 2.24) is 0 Å². The van der Waals surface area contributed by atoms with Crippen molar-refractivity contribution in [3.8, 4) is 23.7 Å². The highest BCUT2D eigenvalue weighted by Gasteiger charge is 2.29. The van der Waals surface area contributed by atoms with Crippen molar-refractivity contribution in [2.45, 2.75) is 45.2 Å². The van der Waals surface area contributed by atoms with Crippen LogP contribution in [-0.4, -0.2) is 0 Å². The molecule has 0 spiro atoms. The van der Waals surface area contributed by atoms with E-state index in [0.717, 1.165) is 29.7 Å². The van der Waals surface area contributed by atoms with E-state index < -0.39 is 17.6 Å². The van der Waals surface area contributed by atoms with Gasteiger partial charge >= 0.3 is 6.18 Å². The maximum absolute atomic E-state index is 15.1. The fourth-order valence-electron chi connectivity index (χ4n) is 4.00. The van der Waals surface area contributed by atoms with Gasteiger partial charge in [-0.25, -0.2) is 4.39 Å². The van der Waals surface area contributed by atoms with E-state index in [2.05, 4.69) is 42.7 Å². The number of hydrogen-bond donors (Lipinski definition) is 0. The first kappa shape index (κ1) is 26.1. The Morgan fingerprint density at radius 2 is 1.27 bits per heavy atom. The first-order valence-electron chi connectivity index (χ1n) is 12.4. The molecular formula is C33H26F4. The molecule has 4 aromatic rings. The van der Waals surface area contributed by atoms with Gasteiger partial charge in [0.05, 0.1) is 11.1 Å². The van der Waals surface area contributed by atoms with E-state index in [0.29, 0.717) is 16.3 Å². The maximum Gasteiger partial charge on any atom is 0.416 e. The topological polar surface area (TPSA) is 0 Å². The summed E-state index contributed by atoms with van der Waals surface area (Å²) in [5.74, 6) is 11.3. The van der Waals surface area contributed by atoms with Gasteiger partial charge in [-0.15, -0.1) is 0 Å². The van der Waals surface area contributed by atoms with Gasteiger partial charge in [-0.05, 0) is 78.4 Å². The number of hydrogen-bond acceptors (Lipinski definition) is 0. The molecule has 0 amide bonds. The van der Waals surface area contributed by atoms with E-state index in [1.165, 1.54) is 43.4 Å². The van der Waals surface area contributed by atoms with Crippen LogP contribution in [-0.2, 0) is 12.6 Å². The van der Waals surface area contributed by atoms with Gasteiger partial charge in [-0.1, -0.05) is 74.1 Å². The lowest BCUT2D eigenvalue weighted by molar-refractivity contribution is -0.137. The summed E-state index contributed by atoms with van der Waals surface area (Å²) in [5.41, 5.74) is 2.84. The molecule has 0 nitrogen and oxygen atoms in total. The lowest BCUT2D eigenvalue weighted by Crippen LogP contribution is -2.04. The molecule has 0 aromatic heterocycles. The number of alkyl halides is 3. The quantitative estimate of drug-likeness (QED) is 0.146. The van der Waals surface area contributed by atoms with Crippen LogP contribution in [0, 0.1) is 29.5 Å². The van der Waals surface area contributed by atoms with Gasteiger partial charge in [0.1, 0.15) is 5.82 Å².